The van der Waals surface area contributed by atoms with E-state index < -0.39 is 10.0 Å². The number of aromatic nitrogens is 1. The maximum atomic E-state index is 12.9. The van der Waals surface area contributed by atoms with Gasteiger partial charge in [-0.3, -0.25) is 4.79 Å². The largest absolute Gasteiger partial charge is 0.299 e. The fraction of sp³-hybridized carbons (Fsp3) is 0.375. The number of carbonyl (C=O) groups is 1. The quantitative estimate of drug-likeness (QED) is 0.803. The van der Waals surface area contributed by atoms with E-state index in [1.165, 1.54) is 15.6 Å². The zero-order valence-electron chi connectivity index (χ0n) is 12.6. The molecule has 5 nitrogen and oxygen atoms in total. The number of nitrogens with zero attached hydrogens (tertiary/aromatic N) is 2. The van der Waals surface area contributed by atoms with Gasteiger partial charge in [0.25, 0.3) is 10.0 Å². The number of anilines is 1. The van der Waals surface area contributed by atoms with Crippen LogP contribution in [0.15, 0.2) is 46.8 Å². The standard InChI is InChI=1S/C16H18N2O3S2/c19-15-8-4-5-13(15)9-11-18(16-17-10-12-22-16)23(20,21)14-6-2-1-3-7-14/h1-3,6-7,10,12-13H,4-5,8-9,11H2. The third-order valence-electron chi connectivity index (χ3n) is 4.08. The molecule has 0 bridgehead atoms. The van der Waals surface area contributed by atoms with Gasteiger partial charge in [0.05, 0.1) is 4.90 Å². The highest BCUT2D eigenvalue weighted by Crippen LogP contribution is 2.29. The van der Waals surface area contributed by atoms with Gasteiger partial charge in [-0.25, -0.2) is 17.7 Å². The summed E-state index contributed by atoms with van der Waals surface area (Å²) in [5.74, 6) is 0.227. The van der Waals surface area contributed by atoms with Crippen LogP contribution in [0, 0.1) is 5.92 Å². The van der Waals surface area contributed by atoms with Crippen LogP contribution in [0.25, 0.3) is 0 Å². The van der Waals surface area contributed by atoms with Crippen LogP contribution in [0.3, 0.4) is 0 Å². The van der Waals surface area contributed by atoms with Gasteiger partial charge in [0.2, 0.25) is 0 Å². The molecule has 1 aliphatic carbocycles. The topological polar surface area (TPSA) is 67.3 Å². The number of hydrogen-bond donors (Lipinski definition) is 0. The van der Waals surface area contributed by atoms with Gasteiger partial charge < -0.3 is 0 Å². The summed E-state index contributed by atoms with van der Waals surface area (Å²) >= 11 is 1.29. The van der Waals surface area contributed by atoms with Crippen molar-refractivity contribution in [1.82, 2.24) is 4.98 Å². The lowest BCUT2D eigenvalue weighted by atomic mass is 10.0. The number of ketones is 1. The van der Waals surface area contributed by atoms with Gasteiger partial charge in [-0.15, -0.1) is 11.3 Å². The molecule has 1 saturated carbocycles. The molecule has 0 N–H and O–H groups in total. The predicted octanol–water partition coefficient (Wildman–Crippen LogP) is 3.10. The zero-order chi connectivity index (χ0) is 16.3. The Morgan fingerprint density at radius 3 is 2.65 bits per heavy atom. The van der Waals surface area contributed by atoms with E-state index in [1.807, 2.05) is 0 Å². The Bertz CT molecular complexity index is 758. The van der Waals surface area contributed by atoms with E-state index in [9.17, 15) is 13.2 Å². The number of sulfonamides is 1. The van der Waals surface area contributed by atoms with Crippen LogP contribution in [0.4, 0.5) is 5.13 Å². The lowest BCUT2D eigenvalue weighted by Crippen LogP contribution is -2.33. The number of Topliss-reactive ketones (excluding diaryl/α,β-unsaturated/α-hetero) is 1. The SMILES string of the molecule is O=C1CCCC1CCN(c1nccs1)S(=O)(=O)c1ccccc1. The van der Waals surface area contributed by atoms with Crippen molar-refractivity contribution in [3.63, 3.8) is 0 Å². The first-order chi connectivity index (χ1) is 11.1. The van der Waals surface area contributed by atoms with E-state index in [0.29, 0.717) is 18.0 Å². The summed E-state index contributed by atoms with van der Waals surface area (Å²) in [4.78, 5) is 16.2. The molecule has 0 radical (unpaired) electrons. The highest BCUT2D eigenvalue weighted by atomic mass is 32.2. The van der Waals surface area contributed by atoms with Gasteiger partial charge in [-0.1, -0.05) is 18.2 Å². The molecular formula is C16H18N2O3S2. The third kappa shape index (κ3) is 3.45. The number of hydrogen-bond acceptors (Lipinski definition) is 5. The molecule has 0 aliphatic heterocycles. The van der Waals surface area contributed by atoms with Crippen molar-refractivity contribution >= 4 is 32.3 Å². The molecule has 23 heavy (non-hydrogen) atoms. The van der Waals surface area contributed by atoms with Gasteiger partial charge in [0.1, 0.15) is 5.78 Å². The van der Waals surface area contributed by atoms with Crippen molar-refractivity contribution in [2.24, 2.45) is 5.92 Å². The number of thiazole rings is 1. The highest BCUT2D eigenvalue weighted by molar-refractivity contribution is 7.93. The summed E-state index contributed by atoms with van der Waals surface area (Å²) < 4.78 is 27.2. The minimum atomic E-state index is -3.66. The van der Waals surface area contributed by atoms with Gasteiger partial charge in [-0.05, 0) is 31.4 Å². The van der Waals surface area contributed by atoms with E-state index in [0.717, 1.165) is 12.8 Å². The molecule has 0 spiro atoms. The van der Waals surface area contributed by atoms with Crippen molar-refractivity contribution < 1.29 is 13.2 Å². The molecule has 122 valence electrons. The lowest BCUT2D eigenvalue weighted by molar-refractivity contribution is -0.120. The van der Waals surface area contributed by atoms with Crippen molar-refractivity contribution in [3.8, 4) is 0 Å². The fourth-order valence-corrected chi connectivity index (χ4v) is 5.20. The predicted molar refractivity (Wildman–Crippen MR) is 90.1 cm³/mol. The first kappa shape index (κ1) is 16.1. The van der Waals surface area contributed by atoms with Crippen molar-refractivity contribution in [1.29, 1.82) is 0 Å². The van der Waals surface area contributed by atoms with Gasteiger partial charge in [-0.2, -0.15) is 0 Å². The molecule has 1 aromatic carbocycles. The monoisotopic (exact) mass is 350 g/mol. The van der Waals surface area contributed by atoms with E-state index in [2.05, 4.69) is 4.98 Å². The third-order valence-corrected chi connectivity index (χ3v) is 6.79. The molecule has 1 aromatic heterocycles. The van der Waals surface area contributed by atoms with Crippen LogP contribution >= 0.6 is 11.3 Å². The van der Waals surface area contributed by atoms with E-state index in [-0.39, 0.29) is 23.1 Å². The smallest absolute Gasteiger partial charge is 0.266 e. The molecule has 7 heteroatoms. The van der Waals surface area contributed by atoms with Gasteiger partial charge in [0, 0.05) is 30.5 Å². The van der Waals surface area contributed by atoms with Crippen molar-refractivity contribution in [2.75, 3.05) is 10.8 Å². The summed E-state index contributed by atoms with van der Waals surface area (Å²) in [5.41, 5.74) is 0. The highest BCUT2D eigenvalue weighted by Gasteiger charge is 2.30. The first-order valence-corrected chi connectivity index (χ1v) is 9.91. The minimum Gasteiger partial charge on any atom is -0.299 e. The first-order valence-electron chi connectivity index (χ1n) is 7.59. The summed E-state index contributed by atoms with van der Waals surface area (Å²) in [6.07, 6.45) is 4.52. The minimum absolute atomic E-state index is 0.0246. The second kappa shape index (κ2) is 6.80. The summed E-state index contributed by atoms with van der Waals surface area (Å²) in [5, 5.41) is 2.20. The number of benzene rings is 1. The van der Waals surface area contributed by atoms with E-state index >= 15 is 0 Å². The number of carbonyl (C=O) groups excluding carboxylic acids is 1. The molecule has 1 heterocycles. The normalized spacial score (nSPS) is 18.3. The van der Waals surface area contributed by atoms with Crippen molar-refractivity contribution in [3.05, 3.63) is 41.9 Å². The maximum absolute atomic E-state index is 12.9. The lowest BCUT2D eigenvalue weighted by Gasteiger charge is -2.23. The molecule has 1 aliphatic rings. The molecule has 0 amide bonds. The second-order valence-electron chi connectivity index (χ2n) is 5.55. The van der Waals surface area contributed by atoms with Crippen LogP contribution in [0.5, 0.6) is 0 Å². The molecule has 1 unspecified atom stereocenters. The summed E-state index contributed by atoms with van der Waals surface area (Å²) in [7, 11) is -3.66. The maximum Gasteiger partial charge on any atom is 0.266 e. The Morgan fingerprint density at radius 1 is 1.26 bits per heavy atom. The van der Waals surface area contributed by atoms with Crippen molar-refractivity contribution in [2.45, 2.75) is 30.6 Å². The summed E-state index contributed by atoms with van der Waals surface area (Å²) in [6.45, 7) is 0.279. The van der Waals surface area contributed by atoms with Crippen LogP contribution in [-0.2, 0) is 14.8 Å². The van der Waals surface area contributed by atoms with Gasteiger partial charge in [0.15, 0.2) is 5.13 Å². The molecule has 2 aromatic rings. The Kier molecular flexibility index (Phi) is 4.77. The Balaban J connectivity index is 1.86. The molecule has 1 fully saturated rings. The van der Waals surface area contributed by atoms with E-state index in [1.54, 1.807) is 41.9 Å². The molecular weight excluding hydrogens is 332 g/mol. The van der Waals surface area contributed by atoms with Crippen LogP contribution < -0.4 is 4.31 Å². The summed E-state index contributed by atoms with van der Waals surface area (Å²) in [6, 6.07) is 8.35. The zero-order valence-corrected chi connectivity index (χ0v) is 14.2. The number of rotatable bonds is 6. The van der Waals surface area contributed by atoms with Crippen LogP contribution in [-0.4, -0.2) is 25.7 Å². The van der Waals surface area contributed by atoms with Gasteiger partial charge >= 0.3 is 0 Å². The van der Waals surface area contributed by atoms with Crippen LogP contribution in [0.2, 0.25) is 0 Å². The molecule has 0 saturated heterocycles. The fourth-order valence-electron chi connectivity index (χ4n) is 2.84. The Labute approximate surface area is 140 Å². The molecule has 3 rings (SSSR count). The van der Waals surface area contributed by atoms with E-state index in [4.69, 9.17) is 0 Å². The Morgan fingerprint density at radius 2 is 2.04 bits per heavy atom. The van der Waals surface area contributed by atoms with Crippen LogP contribution in [0.1, 0.15) is 25.7 Å². The molecule has 1 atom stereocenters. The second-order valence-corrected chi connectivity index (χ2v) is 8.28. The average molecular weight is 350 g/mol. The Hall–Kier alpha value is -1.73. The average Bonchev–Trinajstić information content (AvgIpc) is 3.21.